The van der Waals surface area contributed by atoms with Gasteiger partial charge in [0.2, 0.25) is 5.91 Å². The third-order valence-corrected chi connectivity index (χ3v) is 4.48. The molecule has 17 heavy (non-hydrogen) atoms. The molecule has 96 valence electrons. The molecule has 3 aliphatic rings. The maximum atomic E-state index is 12.0. The summed E-state index contributed by atoms with van der Waals surface area (Å²) in [5.41, 5.74) is 0.352. The minimum atomic E-state index is 0.336. The minimum Gasteiger partial charge on any atom is -0.342 e. The van der Waals surface area contributed by atoms with E-state index in [-0.39, 0.29) is 0 Å². The van der Waals surface area contributed by atoms with E-state index in [1.807, 2.05) is 4.90 Å². The SMILES string of the molecule is CC1CCC2(CN(CC(=O)N3CCCC3)C2)N1. The summed E-state index contributed by atoms with van der Waals surface area (Å²) in [6.45, 7) is 6.98. The van der Waals surface area contributed by atoms with Gasteiger partial charge < -0.3 is 10.2 Å². The topological polar surface area (TPSA) is 35.6 Å². The van der Waals surface area contributed by atoms with E-state index in [1.54, 1.807) is 0 Å². The molecule has 1 N–H and O–H groups in total. The lowest BCUT2D eigenvalue weighted by molar-refractivity contribution is -0.133. The van der Waals surface area contributed by atoms with Crippen molar-refractivity contribution in [2.45, 2.75) is 44.2 Å². The second-order valence-electron chi connectivity index (χ2n) is 6.10. The Kier molecular flexibility index (Phi) is 2.87. The predicted octanol–water partition coefficient (Wildman–Crippen LogP) is 0.435. The molecule has 3 saturated heterocycles. The van der Waals surface area contributed by atoms with E-state index in [0.29, 0.717) is 24.0 Å². The van der Waals surface area contributed by atoms with Gasteiger partial charge in [0, 0.05) is 37.8 Å². The fraction of sp³-hybridized carbons (Fsp3) is 0.923. The molecule has 0 radical (unpaired) electrons. The molecule has 3 rings (SSSR count). The van der Waals surface area contributed by atoms with Crippen molar-refractivity contribution in [1.29, 1.82) is 0 Å². The molecular formula is C13H23N3O. The van der Waals surface area contributed by atoms with Crippen LogP contribution in [0.4, 0.5) is 0 Å². The Labute approximate surface area is 103 Å². The average Bonchev–Trinajstić information content (AvgIpc) is 2.85. The van der Waals surface area contributed by atoms with Gasteiger partial charge in [0.05, 0.1) is 6.54 Å². The Morgan fingerprint density at radius 1 is 1.35 bits per heavy atom. The van der Waals surface area contributed by atoms with E-state index in [9.17, 15) is 4.79 Å². The van der Waals surface area contributed by atoms with Gasteiger partial charge in [-0.15, -0.1) is 0 Å². The van der Waals surface area contributed by atoms with Gasteiger partial charge >= 0.3 is 0 Å². The third-order valence-electron chi connectivity index (χ3n) is 4.48. The first-order valence-electron chi connectivity index (χ1n) is 6.95. The molecule has 0 aromatic carbocycles. The van der Waals surface area contributed by atoms with Crippen LogP contribution in [0.3, 0.4) is 0 Å². The zero-order valence-corrected chi connectivity index (χ0v) is 10.7. The smallest absolute Gasteiger partial charge is 0.236 e. The van der Waals surface area contributed by atoms with E-state index in [2.05, 4.69) is 17.1 Å². The standard InChI is InChI=1S/C13H23N3O/c1-11-4-5-13(14-11)9-15(10-13)8-12(17)16-6-2-3-7-16/h11,14H,2-10H2,1H3. The number of hydrogen-bond donors (Lipinski definition) is 1. The van der Waals surface area contributed by atoms with Gasteiger partial charge in [0.25, 0.3) is 0 Å². The van der Waals surface area contributed by atoms with Crippen LogP contribution in [0.15, 0.2) is 0 Å². The van der Waals surface area contributed by atoms with E-state index < -0.39 is 0 Å². The van der Waals surface area contributed by atoms with Gasteiger partial charge in [-0.05, 0) is 32.6 Å². The molecule has 4 heteroatoms. The second kappa shape index (κ2) is 4.25. The third kappa shape index (κ3) is 2.20. The Bertz CT molecular complexity index is 306. The molecule has 0 aromatic rings. The lowest BCUT2D eigenvalue weighted by Gasteiger charge is -2.48. The van der Waals surface area contributed by atoms with Gasteiger partial charge in [-0.2, -0.15) is 0 Å². The number of hydrogen-bond acceptors (Lipinski definition) is 3. The molecule has 1 atom stereocenters. The maximum Gasteiger partial charge on any atom is 0.236 e. The summed E-state index contributed by atoms with van der Waals surface area (Å²) in [6, 6.07) is 0.659. The van der Waals surface area contributed by atoms with Gasteiger partial charge in [-0.1, -0.05) is 0 Å². The minimum absolute atomic E-state index is 0.336. The van der Waals surface area contributed by atoms with Crippen LogP contribution in [0.2, 0.25) is 0 Å². The quantitative estimate of drug-likeness (QED) is 0.757. The predicted molar refractivity (Wildman–Crippen MR) is 66.8 cm³/mol. The van der Waals surface area contributed by atoms with E-state index in [0.717, 1.165) is 26.2 Å². The maximum absolute atomic E-state index is 12.0. The van der Waals surface area contributed by atoms with Crippen molar-refractivity contribution >= 4 is 5.91 Å². The van der Waals surface area contributed by atoms with Gasteiger partial charge in [-0.25, -0.2) is 0 Å². The number of carbonyl (C=O) groups excluding carboxylic acids is 1. The molecular weight excluding hydrogens is 214 g/mol. The first-order chi connectivity index (χ1) is 8.17. The lowest BCUT2D eigenvalue weighted by atomic mass is 9.88. The fourth-order valence-corrected chi connectivity index (χ4v) is 3.59. The zero-order valence-electron chi connectivity index (χ0n) is 10.7. The van der Waals surface area contributed by atoms with Crippen molar-refractivity contribution in [3.8, 4) is 0 Å². The van der Waals surface area contributed by atoms with Crippen molar-refractivity contribution < 1.29 is 4.79 Å². The summed E-state index contributed by atoms with van der Waals surface area (Å²) in [5.74, 6) is 0.336. The van der Waals surface area contributed by atoms with E-state index >= 15 is 0 Å². The Morgan fingerprint density at radius 2 is 2.06 bits per heavy atom. The summed E-state index contributed by atoms with van der Waals surface area (Å²) in [5, 5.41) is 3.67. The first kappa shape index (κ1) is 11.5. The number of nitrogens with one attached hydrogen (secondary N) is 1. The monoisotopic (exact) mass is 237 g/mol. The van der Waals surface area contributed by atoms with Gasteiger partial charge in [-0.3, -0.25) is 9.69 Å². The summed E-state index contributed by atoms with van der Waals surface area (Å²) in [7, 11) is 0. The Morgan fingerprint density at radius 3 is 2.65 bits per heavy atom. The molecule has 1 spiro atoms. The normalized spacial score (nSPS) is 32.1. The second-order valence-corrected chi connectivity index (χ2v) is 6.10. The Balaban J connectivity index is 1.45. The highest BCUT2D eigenvalue weighted by Crippen LogP contribution is 2.32. The van der Waals surface area contributed by atoms with Crippen LogP contribution in [0.25, 0.3) is 0 Å². The first-order valence-corrected chi connectivity index (χ1v) is 6.95. The van der Waals surface area contributed by atoms with Crippen LogP contribution in [0, 0.1) is 0 Å². The fourth-order valence-electron chi connectivity index (χ4n) is 3.59. The number of rotatable bonds is 2. The average molecular weight is 237 g/mol. The van der Waals surface area contributed by atoms with E-state index in [4.69, 9.17) is 0 Å². The zero-order chi connectivity index (χ0) is 11.9. The molecule has 1 amide bonds. The van der Waals surface area contributed by atoms with Crippen LogP contribution in [0.5, 0.6) is 0 Å². The molecule has 0 saturated carbocycles. The van der Waals surface area contributed by atoms with Crippen molar-refractivity contribution in [2.24, 2.45) is 0 Å². The summed E-state index contributed by atoms with van der Waals surface area (Å²) < 4.78 is 0. The number of carbonyl (C=O) groups is 1. The van der Waals surface area contributed by atoms with Crippen LogP contribution < -0.4 is 5.32 Å². The van der Waals surface area contributed by atoms with Crippen molar-refractivity contribution in [3.05, 3.63) is 0 Å². The highest BCUT2D eigenvalue weighted by molar-refractivity contribution is 5.78. The van der Waals surface area contributed by atoms with Gasteiger partial charge in [0.1, 0.15) is 0 Å². The van der Waals surface area contributed by atoms with Crippen LogP contribution in [0.1, 0.15) is 32.6 Å². The number of likely N-dealkylation sites (tertiary alicyclic amines) is 2. The van der Waals surface area contributed by atoms with Crippen molar-refractivity contribution in [2.75, 3.05) is 32.7 Å². The lowest BCUT2D eigenvalue weighted by Crippen LogP contribution is -2.68. The molecule has 3 fully saturated rings. The number of nitrogens with zero attached hydrogens (tertiary/aromatic N) is 2. The number of amides is 1. The highest BCUT2D eigenvalue weighted by atomic mass is 16.2. The molecule has 0 aromatic heterocycles. The summed E-state index contributed by atoms with van der Waals surface area (Å²) >= 11 is 0. The molecule has 1 unspecified atom stereocenters. The van der Waals surface area contributed by atoms with Crippen molar-refractivity contribution in [3.63, 3.8) is 0 Å². The molecule has 0 aliphatic carbocycles. The molecule has 3 aliphatic heterocycles. The highest BCUT2D eigenvalue weighted by Gasteiger charge is 2.47. The van der Waals surface area contributed by atoms with Gasteiger partial charge in [0.15, 0.2) is 0 Å². The van der Waals surface area contributed by atoms with Crippen LogP contribution in [-0.2, 0) is 4.79 Å². The Hall–Kier alpha value is -0.610. The van der Waals surface area contributed by atoms with Crippen LogP contribution in [-0.4, -0.2) is 60.0 Å². The molecule has 0 bridgehead atoms. The largest absolute Gasteiger partial charge is 0.342 e. The summed E-state index contributed by atoms with van der Waals surface area (Å²) in [4.78, 5) is 16.3. The molecule has 3 heterocycles. The molecule has 4 nitrogen and oxygen atoms in total. The van der Waals surface area contributed by atoms with Crippen LogP contribution >= 0.6 is 0 Å². The summed E-state index contributed by atoms with van der Waals surface area (Å²) in [6.07, 6.45) is 4.94. The van der Waals surface area contributed by atoms with Crippen molar-refractivity contribution in [1.82, 2.24) is 15.1 Å². The van der Waals surface area contributed by atoms with E-state index in [1.165, 1.54) is 25.7 Å².